The van der Waals surface area contributed by atoms with Gasteiger partial charge in [0.2, 0.25) is 0 Å². The van der Waals surface area contributed by atoms with E-state index < -0.39 is 11.9 Å². The number of rotatable bonds is 6. The van der Waals surface area contributed by atoms with Gasteiger partial charge in [-0.1, -0.05) is 19.1 Å². The number of pyridine rings is 1. The Balaban J connectivity index is 1.48. The van der Waals surface area contributed by atoms with Crippen LogP contribution in [-0.2, 0) is 11.3 Å². The van der Waals surface area contributed by atoms with Gasteiger partial charge < -0.3 is 15.0 Å². The van der Waals surface area contributed by atoms with Gasteiger partial charge in [0.15, 0.2) is 6.10 Å². The van der Waals surface area contributed by atoms with Gasteiger partial charge in [-0.05, 0) is 49.4 Å². The van der Waals surface area contributed by atoms with Gasteiger partial charge in [-0.3, -0.25) is 4.79 Å². The molecule has 0 spiro atoms. The second kappa shape index (κ2) is 8.84. The molecule has 1 fully saturated rings. The van der Waals surface area contributed by atoms with Crippen molar-refractivity contribution in [2.24, 2.45) is 5.92 Å². The third kappa shape index (κ3) is 5.42. The molecule has 1 unspecified atom stereocenters. The summed E-state index contributed by atoms with van der Waals surface area (Å²) in [6, 6.07) is 9.75. The number of hydrogen-bond acceptors (Lipinski definition) is 4. The predicted molar refractivity (Wildman–Crippen MR) is 103 cm³/mol. The molecule has 1 aliphatic heterocycles. The van der Waals surface area contributed by atoms with E-state index in [9.17, 15) is 9.18 Å². The second-order valence-electron chi connectivity index (χ2n) is 7.13. The average molecular weight is 371 g/mol. The van der Waals surface area contributed by atoms with Crippen LogP contribution in [0, 0.1) is 11.7 Å². The summed E-state index contributed by atoms with van der Waals surface area (Å²) in [5.41, 5.74) is 0.926. The number of nitrogens with one attached hydrogen (secondary N) is 1. The second-order valence-corrected chi connectivity index (χ2v) is 7.13. The van der Waals surface area contributed by atoms with E-state index in [4.69, 9.17) is 4.74 Å². The molecule has 1 N–H and O–H groups in total. The third-order valence-electron chi connectivity index (χ3n) is 4.86. The van der Waals surface area contributed by atoms with E-state index in [2.05, 4.69) is 22.1 Å². The maximum Gasteiger partial charge on any atom is 0.261 e. The summed E-state index contributed by atoms with van der Waals surface area (Å²) in [5.74, 6) is 1.45. The summed E-state index contributed by atoms with van der Waals surface area (Å²) in [4.78, 5) is 19.0. The van der Waals surface area contributed by atoms with Crippen LogP contribution in [0.5, 0.6) is 5.75 Å². The van der Waals surface area contributed by atoms with Gasteiger partial charge >= 0.3 is 0 Å². The zero-order valence-corrected chi connectivity index (χ0v) is 15.8. The van der Waals surface area contributed by atoms with Crippen molar-refractivity contribution in [2.75, 3.05) is 18.0 Å². The molecule has 27 heavy (non-hydrogen) atoms. The highest BCUT2D eigenvalue weighted by molar-refractivity contribution is 5.80. The first-order chi connectivity index (χ1) is 13.0. The number of aromatic nitrogens is 1. The largest absolute Gasteiger partial charge is 0.481 e. The Morgan fingerprint density at radius 1 is 1.33 bits per heavy atom. The maximum absolute atomic E-state index is 13.2. The van der Waals surface area contributed by atoms with E-state index >= 15 is 0 Å². The lowest BCUT2D eigenvalue weighted by atomic mass is 9.99. The monoisotopic (exact) mass is 371 g/mol. The van der Waals surface area contributed by atoms with E-state index in [1.165, 1.54) is 25.0 Å². The molecule has 1 atom stereocenters. The predicted octanol–water partition coefficient (Wildman–Crippen LogP) is 3.54. The number of anilines is 1. The quantitative estimate of drug-likeness (QED) is 0.844. The highest BCUT2D eigenvalue weighted by atomic mass is 19.1. The van der Waals surface area contributed by atoms with Crippen molar-refractivity contribution in [1.82, 2.24) is 10.3 Å². The molecule has 1 saturated heterocycles. The van der Waals surface area contributed by atoms with Crippen LogP contribution in [0.15, 0.2) is 42.6 Å². The summed E-state index contributed by atoms with van der Waals surface area (Å²) in [7, 11) is 0. The van der Waals surface area contributed by atoms with E-state index in [1.54, 1.807) is 25.3 Å². The van der Waals surface area contributed by atoms with Crippen molar-refractivity contribution in [1.29, 1.82) is 0 Å². The lowest BCUT2D eigenvalue weighted by molar-refractivity contribution is -0.127. The normalized spacial score (nSPS) is 16.0. The summed E-state index contributed by atoms with van der Waals surface area (Å²) >= 11 is 0. The molecule has 2 heterocycles. The maximum atomic E-state index is 13.2. The zero-order chi connectivity index (χ0) is 19.2. The Morgan fingerprint density at radius 3 is 2.78 bits per heavy atom. The van der Waals surface area contributed by atoms with Gasteiger partial charge in [0.05, 0.1) is 0 Å². The van der Waals surface area contributed by atoms with Gasteiger partial charge in [0.1, 0.15) is 17.4 Å². The smallest absolute Gasteiger partial charge is 0.261 e. The van der Waals surface area contributed by atoms with Crippen molar-refractivity contribution in [3.8, 4) is 5.75 Å². The topological polar surface area (TPSA) is 54.5 Å². The number of ether oxygens (including phenoxy) is 1. The number of piperidine rings is 1. The molecule has 0 aliphatic carbocycles. The SMILES string of the molecule is CC1CCN(c2ccc(CNC(=O)C(C)Oc3cccc(F)c3)cn2)CC1. The van der Waals surface area contributed by atoms with Crippen LogP contribution in [-0.4, -0.2) is 30.1 Å². The molecule has 5 nitrogen and oxygen atoms in total. The first-order valence-corrected chi connectivity index (χ1v) is 9.41. The Morgan fingerprint density at radius 2 is 2.11 bits per heavy atom. The van der Waals surface area contributed by atoms with Crippen LogP contribution in [0.1, 0.15) is 32.3 Å². The van der Waals surface area contributed by atoms with Crippen LogP contribution >= 0.6 is 0 Å². The molecular formula is C21H26FN3O2. The number of amides is 1. The minimum Gasteiger partial charge on any atom is -0.481 e. The van der Waals surface area contributed by atoms with E-state index in [0.717, 1.165) is 30.4 Å². The number of nitrogens with zero attached hydrogens (tertiary/aromatic N) is 2. The van der Waals surface area contributed by atoms with Gasteiger partial charge in [-0.2, -0.15) is 0 Å². The first kappa shape index (κ1) is 19.1. The van der Waals surface area contributed by atoms with Gasteiger partial charge in [-0.25, -0.2) is 9.37 Å². The molecule has 1 amide bonds. The average Bonchev–Trinajstić information content (AvgIpc) is 2.67. The minimum absolute atomic E-state index is 0.256. The summed E-state index contributed by atoms with van der Waals surface area (Å²) < 4.78 is 18.7. The highest BCUT2D eigenvalue weighted by Crippen LogP contribution is 2.21. The molecule has 0 bridgehead atoms. The molecule has 2 aromatic rings. The highest BCUT2D eigenvalue weighted by Gasteiger charge is 2.17. The summed E-state index contributed by atoms with van der Waals surface area (Å²) in [5, 5.41) is 2.83. The van der Waals surface area contributed by atoms with Crippen molar-refractivity contribution in [3.63, 3.8) is 0 Å². The van der Waals surface area contributed by atoms with Crippen molar-refractivity contribution in [3.05, 3.63) is 54.0 Å². The molecule has 0 radical (unpaired) electrons. The number of carbonyl (C=O) groups excluding carboxylic acids is 1. The van der Waals surface area contributed by atoms with Crippen molar-refractivity contribution in [2.45, 2.75) is 39.3 Å². The van der Waals surface area contributed by atoms with Crippen LogP contribution in [0.3, 0.4) is 0 Å². The van der Waals surface area contributed by atoms with Gasteiger partial charge in [0.25, 0.3) is 5.91 Å². The molecule has 0 saturated carbocycles. The van der Waals surface area contributed by atoms with Crippen LogP contribution in [0.2, 0.25) is 0 Å². The fourth-order valence-corrected chi connectivity index (χ4v) is 3.08. The molecule has 3 rings (SSSR count). The van der Waals surface area contributed by atoms with Crippen LogP contribution < -0.4 is 15.0 Å². The number of halogens is 1. The molecule has 1 aliphatic rings. The fraction of sp³-hybridized carbons (Fsp3) is 0.429. The van der Waals surface area contributed by atoms with E-state index in [1.807, 2.05) is 12.1 Å². The lowest BCUT2D eigenvalue weighted by Gasteiger charge is -2.31. The molecule has 1 aromatic carbocycles. The van der Waals surface area contributed by atoms with Crippen molar-refractivity contribution < 1.29 is 13.9 Å². The van der Waals surface area contributed by atoms with Crippen molar-refractivity contribution >= 4 is 11.7 Å². The Labute approximate surface area is 159 Å². The number of hydrogen-bond donors (Lipinski definition) is 1. The fourth-order valence-electron chi connectivity index (χ4n) is 3.08. The molecule has 1 aromatic heterocycles. The van der Waals surface area contributed by atoms with E-state index in [-0.39, 0.29) is 5.91 Å². The van der Waals surface area contributed by atoms with Crippen LogP contribution in [0.4, 0.5) is 10.2 Å². The number of carbonyl (C=O) groups is 1. The molecule has 144 valence electrons. The van der Waals surface area contributed by atoms with Gasteiger partial charge in [-0.15, -0.1) is 0 Å². The van der Waals surface area contributed by atoms with Crippen LogP contribution in [0.25, 0.3) is 0 Å². The van der Waals surface area contributed by atoms with Gasteiger partial charge in [0, 0.05) is 31.9 Å². The zero-order valence-electron chi connectivity index (χ0n) is 15.8. The summed E-state index contributed by atoms with van der Waals surface area (Å²) in [6.07, 6.45) is 3.48. The Kier molecular flexibility index (Phi) is 6.27. The van der Waals surface area contributed by atoms with E-state index in [0.29, 0.717) is 12.3 Å². The Bertz CT molecular complexity index is 758. The third-order valence-corrected chi connectivity index (χ3v) is 4.86. The minimum atomic E-state index is -0.714. The lowest BCUT2D eigenvalue weighted by Crippen LogP contribution is -2.36. The standard InChI is InChI=1S/C21H26FN3O2/c1-15-8-10-25(11-9-15)20-7-6-17(13-23-20)14-24-21(26)16(2)27-19-5-3-4-18(22)12-19/h3-7,12-13,15-16H,8-11,14H2,1-2H3,(H,24,26). The first-order valence-electron chi connectivity index (χ1n) is 9.41. The molecular weight excluding hydrogens is 345 g/mol. The number of benzene rings is 1. The molecule has 6 heteroatoms. The summed E-state index contributed by atoms with van der Waals surface area (Å²) in [6.45, 7) is 6.38. The Hall–Kier alpha value is -2.63.